The molecular formula is C19H21N3O3. The monoisotopic (exact) mass is 339 g/mol. The third kappa shape index (κ3) is 3.12. The number of methoxy groups -OCH3 is 1. The molecule has 2 aliphatic heterocycles. The van der Waals surface area contributed by atoms with Crippen molar-refractivity contribution in [3.8, 4) is 5.75 Å². The number of pyridine rings is 1. The SMILES string of the molecule is COc1cncc(N2C[C@@H]3CN(C(=O)OCc4ccccc4)C[C@@H]32)c1. The van der Waals surface area contributed by atoms with Gasteiger partial charge < -0.3 is 19.3 Å². The number of likely N-dealkylation sites (tertiary alicyclic amines) is 1. The maximum absolute atomic E-state index is 12.3. The van der Waals surface area contributed by atoms with Crippen molar-refractivity contribution >= 4 is 11.8 Å². The molecule has 0 N–H and O–H groups in total. The van der Waals surface area contributed by atoms with Crippen LogP contribution in [0, 0.1) is 5.92 Å². The first-order valence-corrected chi connectivity index (χ1v) is 8.46. The Kier molecular flexibility index (Phi) is 4.17. The van der Waals surface area contributed by atoms with E-state index in [1.54, 1.807) is 13.3 Å². The molecule has 0 bridgehead atoms. The van der Waals surface area contributed by atoms with Crippen molar-refractivity contribution in [3.63, 3.8) is 0 Å². The second-order valence-electron chi connectivity index (χ2n) is 6.51. The van der Waals surface area contributed by atoms with Gasteiger partial charge in [-0.1, -0.05) is 30.3 Å². The van der Waals surface area contributed by atoms with Crippen molar-refractivity contribution in [3.05, 3.63) is 54.4 Å². The maximum atomic E-state index is 12.3. The first-order chi connectivity index (χ1) is 12.2. The summed E-state index contributed by atoms with van der Waals surface area (Å²) in [5, 5.41) is 0. The van der Waals surface area contributed by atoms with Gasteiger partial charge in [-0.25, -0.2) is 4.79 Å². The molecule has 130 valence electrons. The molecular weight excluding hydrogens is 318 g/mol. The van der Waals surface area contributed by atoms with E-state index in [1.165, 1.54) is 0 Å². The third-order valence-corrected chi connectivity index (χ3v) is 4.97. The zero-order valence-electron chi connectivity index (χ0n) is 14.2. The molecule has 2 fully saturated rings. The molecule has 0 spiro atoms. The minimum atomic E-state index is -0.234. The number of aromatic nitrogens is 1. The highest BCUT2D eigenvalue weighted by atomic mass is 16.6. The van der Waals surface area contributed by atoms with Crippen molar-refractivity contribution < 1.29 is 14.3 Å². The van der Waals surface area contributed by atoms with Crippen LogP contribution in [0.1, 0.15) is 5.56 Å². The largest absolute Gasteiger partial charge is 0.495 e. The molecule has 0 aliphatic carbocycles. The lowest BCUT2D eigenvalue weighted by atomic mass is 9.91. The molecule has 2 aliphatic rings. The average molecular weight is 339 g/mol. The molecule has 3 heterocycles. The van der Waals surface area contributed by atoms with Crippen LogP contribution < -0.4 is 9.64 Å². The van der Waals surface area contributed by atoms with E-state index in [9.17, 15) is 4.79 Å². The third-order valence-electron chi connectivity index (χ3n) is 4.97. The van der Waals surface area contributed by atoms with Gasteiger partial charge in [-0.2, -0.15) is 0 Å². The number of ether oxygens (including phenoxy) is 2. The molecule has 2 saturated heterocycles. The number of hydrogen-bond donors (Lipinski definition) is 0. The molecule has 6 nitrogen and oxygen atoms in total. The molecule has 0 unspecified atom stereocenters. The predicted molar refractivity (Wildman–Crippen MR) is 93.6 cm³/mol. The van der Waals surface area contributed by atoms with Gasteiger partial charge >= 0.3 is 6.09 Å². The van der Waals surface area contributed by atoms with Crippen molar-refractivity contribution in [2.75, 3.05) is 31.6 Å². The number of carbonyl (C=O) groups excluding carboxylic acids is 1. The van der Waals surface area contributed by atoms with Gasteiger partial charge in [-0.05, 0) is 5.56 Å². The molecule has 0 saturated carbocycles. The van der Waals surface area contributed by atoms with E-state index in [1.807, 2.05) is 47.5 Å². The Bertz CT molecular complexity index is 753. The maximum Gasteiger partial charge on any atom is 0.410 e. The molecule has 1 aromatic heterocycles. The number of hydrogen-bond acceptors (Lipinski definition) is 5. The molecule has 2 atom stereocenters. The highest BCUT2D eigenvalue weighted by Crippen LogP contribution is 2.37. The van der Waals surface area contributed by atoms with Crippen LogP contribution in [0.4, 0.5) is 10.5 Å². The number of amides is 1. The van der Waals surface area contributed by atoms with Crippen LogP contribution in [-0.2, 0) is 11.3 Å². The zero-order chi connectivity index (χ0) is 17.2. The van der Waals surface area contributed by atoms with Crippen LogP contribution in [0.5, 0.6) is 5.75 Å². The Labute approximate surface area is 147 Å². The predicted octanol–water partition coefficient (Wildman–Crippen LogP) is 2.55. The van der Waals surface area contributed by atoms with E-state index in [2.05, 4.69) is 9.88 Å². The van der Waals surface area contributed by atoms with Gasteiger partial charge in [-0.3, -0.25) is 4.98 Å². The van der Waals surface area contributed by atoms with Crippen molar-refractivity contribution in [2.24, 2.45) is 5.92 Å². The van der Waals surface area contributed by atoms with Gasteiger partial charge in [0, 0.05) is 31.6 Å². The van der Waals surface area contributed by atoms with E-state index < -0.39 is 0 Å². The number of anilines is 1. The van der Waals surface area contributed by atoms with Crippen LogP contribution in [-0.4, -0.2) is 48.8 Å². The lowest BCUT2D eigenvalue weighted by Gasteiger charge is -2.45. The lowest BCUT2D eigenvalue weighted by molar-refractivity contribution is 0.103. The summed E-state index contributed by atoms with van der Waals surface area (Å²) >= 11 is 0. The quantitative estimate of drug-likeness (QED) is 0.857. The van der Waals surface area contributed by atoms with Crippen LogP contribution in [0.2, 0.25) is 0 Å². The molecule has 1 amide bonds. The van der Waals surface area contributed by atoms with E-state index in [4.69, 9.17) is 9.47 Å². The number of benzene rings is 1. The van der Waals surface area contributed by atoms with Gasteiger partial charge in [0.15, 0.2) is 0 Å². The van der Waals surface area contributed by atoms with Gasteiger partial charge in [0.2, 0.25) is 0 Å². The average Bonchev–Trinajstić information content (AvgIpc) is 2.98. The molecule has 0 radical (unpaired) electrons. The highest BCUT2D eigenvalue weighted by Gasteiger charge is 2.47. The van der Waals surface area contributed by atoms with Crippen molar-refractivity contribution in [1.82, 2.24) is 9.88 Å². The highest BCUT2D eigenvalue weighted by molar-refractivity contribution is 5.69. The summed E-state index contributed by atoms with van der Waals surface area (Å²) in [6.45, 7) is 2.69. The number of carbonyl (C=O) groups is 1. The Morgan fingerprint density at radius 2 is 2.04 bits per heavy atom. The molecule has 2 aromatic rings. The van der Waals surface area contributed by atoms with Crippen LogP contribution in [0.25, 0.3) is 0 Å². The smallest absolute Gasteiger partial charge is 0.410 e. The number of rotatable bonds is 4. The molecule has 6 heteroatoms. The Hall–Kier alpha value is -2.76. The Morgan fingerprint density at radius 1 is 1.20 bits per heavy atom. The second kappa shape index (κ2) is 6.63. The summed E-state index contributed by atoms with van der Waals surface area (Å²) < 4.78 is 10.7. The van der Waals surface area contributed by atoms with Crippen LogP contribution in [0.15, 0.2) is 48.8 Å². The molecule has 1 aromatic carbocycles. The van der Waals surface area contributed by atoms with E-state index in [0.29, 0.717) is 25.1 Å². The molecule has 25 heavy (non-hydrogen) atoms. The van der Waals surface area contributed by atoms with Crippen molar-refractivity contribution in [1.29, 1.82) is 0 Å². The normalized spacial score (nSPS) is 21.5. The summed E-state index contributed by atoms with van der Waals surface area (Å²) in [4.78, 5) is 20.6. The lowest BCUT2D eigenvalue weighted by Crippen LogP contribution is -2.55. The summed E-state index contributed by atoms with van der Waals surface area (Å²) in [5.41, 5.74) is 2.04. The topological polar surface area (TPSA) is 54.9 Å². The fourth-order valence-electron chi connectivity index (χ4n) is 3.57. The number of fused-ring (bicyclic) bond motifs is 1. The second-order valence-corrected chi connectivity index (χ2v) is 6.51. The minimum absolute atomic E-state index is 0.234. The summed E-state index contributed by atoms with van der Waals surface area (Å²) in [5.74, 6) is 1.24. The minimum Gasteiger partial charge on any atom is -0.495 e. The summed E-state index contributed by atoms with van der Waals surface area (Å²) in [6.07, 6.45) is 3.31. The van der Waals surface area contributed by atoms with Gasteiger partial charge in [-0.15, -0.1) is 0 Å². The first-order valence-electron chi connectivity index (χ1n) is 8.46. The summed E-state index contributed by atoms with van der Waals surface area (Å²) in [7, 11) is 1.64. The van der Waals surface area contributed by atoms with Crippen LogP contribution >= 0.6 is 0 Å². The number of nitrogens with zero attached hydrogens (tertiary/aromatic N) is 3. The van der Waals surface area contributed by atoms with Crippen LogP contribution in [0.3, 0.4) is 0 Å². The molecule has 4 rings (SSSR count). The fraction of sp³-hybridized carbons (Fsp3) is 0.368. The standard InChI is InChI=1S/C19H21N3O3/c1-24-17-7-16(8-20-9-17)22-11-15-10-21(12-18(15)22)19(23)25-13-14-5-3-2-4-6-14/h2-9,15,18H,10-13H2,1H3/t15-,18-/m0/s1. The van der Waals surface area contributed by atoms with E-state index in [0.717, 1.165) is 30.1 Å². The van der Waals surface area contributed by atoms with Gasteiger partial charge in [0.05, 0.1) is 31.2 Å². The Balaban J connectivity index is 1.34. The Morgan fingerprint density at radius 3 is 2.84 bits per heavy atom. The fourth-order valence-corrected chi connectivity index (χ4v) is 3.57. The van der Waals surface area contributed by atoms with Gasteiger partial charge in [0.25, 0.3) is 0 Å². The van der Waals surface area contributed by atoms with Gasteiger partial charge in [0.1, 0.15) is 12.4 Å². The van der Waals surface area contributed by atoms with E-state index >= 15 is 0 Å². The summed E-state index contributed by atoms with van der Waals surface area (Å²) in [6, 6.07) is 12.1. The first kappa shape index (κ1) is 15.7. The zero-order valence-corrected chi connectivity index (χ0v) is 14.2. The van der Waals surface area contributed by atoms with E-state index in [-0.39, 0.29) is 6.09 Å². The van der Waals surface area contributed by atoms with Crippen molar-refractivity contribution in [2.45, 2.75) is 12.6 Å².